The molecule has 1 aromatic carbocycles. The minimum Gasteiger partial charge on any atom is -0.481 e. The second kappa shape index (κ2) is 6.45. The summed E-state index contributed by atoms with van der Waals surface area (Å²) in [5.74, 6) is -2.58. The van der Waals surface area contributed by atoms with Gasteiger partial charge < -0.3 is 9.84 Å². The maximum absolute atomic E-state index is 12.3. The predicted octanol–water partition coefficient (Wildman–Crippen LogP) is 3.94. The minimum atomic E-state index is -4.83. The number of rotatable bonds is 6. The van der Waals surface area contributed by atoms with Crippen molar-refractivity contribution in [2.45, 2.75) is 38.5 Å². The molecule has 0 aromatic heterocycles. The van der Waals surface area contributed by atoms with Gasteiger partial charge in [0, 0.05) is 5.56 Å². The van der Waals surface area contributed by atoms with Crippen molar-refractivity contribution in [1.82, 2.24) is 0 Å². The first kappa shape index (κ1) is 15.3. The molecule has 0 fully saturated rings. The molecule has 0 saturated heterocycles. The molecule has 106 valence electrons. The van der Waals surface area contributed by atoms with Crippen LogP contribution in [0.2, 0.25) is 0 Å². The van der Waals surface area contributed by atoms with Gasteiger partial charge in [-0.25, -0.2) is 0 Å². The Bertz CT molecular complexity index is 429. The van der Waals surface area contributed by atoms with E-state index >= 15 is 0 Å². The second-order valence-corrected chi connectivity index (χ2v) is 4.12. The average molecular weight is 276 g/mol. The van der Waals surface area contributed by atoms with Gasteiger partial charge in [-0.15, -0.1) is 13.2 Å². The third-order valence-corrected chi connectivity index (χ3v) is 2.66. The first-order valence-electron chi connectivity index (χ1n) is 5.92. The van der Waals surface area contributed by atoms with Crippen molar-refractivity contribution in [2.75, 3.05) is 0 Å². The van der Waals surface area contributed by atoms with Gasteiger partial charge in [0.15, 0.2) is 0 Å². The number of halogens is 3. The van der Waals surface area contributed by atoms with Crippen molar-refractivity contribution >= 4 is 5.97 Å². The molecule has 1 unspecified atom stereocenters. The van der Waals surface area contributed by atoms with Crippen LogP contribution >= 0.6 is 0 Å². The third-order valence-electron chi connectivity index (χ3n) is 2.66. The zero-order valence-electron chi connectivity index (χ0n) is 10.4. The number of benzene rings is 1. The lowest BCUT2D eigenvalue weighted by Crippen LogP contribution is -2.20. The van der Waals surface area contributed by atoms with Crippen LogP contribution < -0.4 is 4.74 Å². The van der Waals surface area contributed by atoms with Crippen molar-refractivity contribution in [3.05, 3.63) is 29.8 Å². The summed E-state index contributed by atoms with van der Waals surface area (Å²) in [5, 5.41) is 9.14. The van der Waals surface area contributed by atoms with Gasteiger partial charge in [-0.05, 0) is 12.5 Å². The topological polar surface area (TPSA) is 46.5 Å². The molecule has 0 amide bonds. The molecular formula is C13H15F3O3. The quantitative estimate of drug-likeness (QED) is 0.855. The molecule has 0 heterocycles. The number of carboxylic acid groups (broad SMARTS) is 1. The summed E-state index contributed by atoms with van der Waals surface area (Å²) in [6.07, 6.45) is -3.16. The van der Waals surface area contributed by atoms with Gasteiger partial charge in [0.1, 0.15) is 5.75 Å². The van der Waals surface area contributed by atoms with Crippen LogP contribution in [0.25, 0.3) is 0 Å². The van der Waals surface area contributed by atoms with Crippen LogP contribution in [0.4, 0.5) is 13.2 Å². The second-order valence-electron chi connectivity index (χ2n) is 4.12. The average Bonchev–Trinajstić information content (AvgIpc) is 2.29. The van der Waals surface area contributed by atoms with Gasteiger partial charge in [0.05, 0.1) is 5.92 Å². The molecule has 1 rings (SSSR count). The summed E-state index contributed by atoms with van der Waals surface area (Å²) in [5.41, 5.74) is 0.0563. The fourth-order valence-corrected chi connectivity index (χ4v) is 1.81. The summed E-state index contributed by atoms with van der Waals surface area (Å²) in [4.78, 5) is 11.2. The molecule has 0 aliphatic rings. The standard InChI is InChI=1S/C13H15F3O3/c1-2-3-6-10(12(17)18)9-7-4-5-8-11(9)19-13(14,15)16/h4-5,7-8,10H,2-3,6H2,1H3,(H,17,18). The summed E-state index contributed by atoms with van der Waals surface area (Å²) in [6, 6.07) is 5.37. The highest BCUT2D eigenvalue weighted by Gasteiger charge is 2.33. The fraction of sp³-hybridized carbons (Fsp3) is 0.462. The molecule has 0 aliphatic heterocycles. The van der Waals surface area contributed by atoms with Crippen molar-refractivity contribution in [2.24, 2.45) is 0 Å². The van der Waals surface area contributed by atoms with Crippen molar-refractivity contribution in [1.29, 1.82) is 0 Å². The zero-order chi connectivity index (χ0) is 14.5. The lowest BCUT2D eigenvalue weighted by Gasteiger charge is -2.17. The number of unbranched alkanes of at least 4 members (excludes halogenated alkanes) is 1. The van der Waals surface area contributed by atoms with E-state index in [0.29, 0.717) is 6.42 Å². The van der Waals surface area contributed by atoms with Crippen molar-refractivity contribution in [3.63, 3.8) is 0 Å². The maximum Gasteiger partial charge on any atom is 0.573 e. The molecule has 1 aromatic rings. The lowest BCUT2D eigenvalue weighted by molar-refractivity contribution is -0.275. The van der Waals surface area contributed by atoms with Gasteiger partial charge in [0.2, 0.25) is 0 Å². The SMILES string of the molecule is CCCCC(C(=O)O)c1ccccc1OC(F)(F)F. The smallest absolute Gasteiger partial charge is 0.481 e. The van der Waals surface area contributed by atoms with E-state index < -0.39 is 24.0 Å². The predicted molar refractivity (Wildman–Crippen MR) is 63.0 cm³/mol. The Hall–Kier alpha value is -1.72. The third kappa shape index (κ3) is 4.81. The summed E-state index contributed by atoms with van der Waals surface area (Å²) >= 11 is 0. The largest absolute Gasteiger partial charge is 0.573 e. The Balaban J connectivity index is 3.05. The van der Waals surface area contributed by atoms with E-state index in [9.17, 15) is 18.0 Å². The van der Waals surface area contributed by atoms with Crippen LogP contribution in [-0.2, 0) is 4.79 Å². The summed E-state index contributed by atoms with van der Waals surface area (Å²) < 4.78 is 40.7. The highest BCUT2D eigenvalue weighted by molar-refractivity contribution is 5.77. The monoisotopic (exact) mass is 276 g/mol. The van der Waals surface area contributed by atoms with Gasteiger partial charge in [-0.2, -0.15) is 0 Å². The molecule has 6 heteroatoms. The molecule has 19 heavy (non-hydrogen) atoms. The van der Waals surface area contributed by atoms with Gasteiger partial charge in [0.25, 0.3) is 0 Å². The molecule has 3 nitrogen and oxygen atoms in total. The molecule has 0 radical (unpaired) electrons. The molecule has 1 N–H and O–H groups in total. The van der Waals surface area contributed by atoms with E-state index in [1.807, 2.05) is 6.92 Å². The number of carbonyl (C=O) groups is 1. The van der Waals surface area contributed by atoms with E-state index in [0.717, 1.165) is 12.5 Å². The van der Waals surface area contributed by atoms with Crippen molar-refractivity contribution < 1.29 is 27.8 Å². The van der Waals surface area contributed by atoms with Crippen LogP contribution in [0.15, 0.2) is 24.3 Å². The van der Waals surface area contributed by atoms with E-state index in [-0.39, 0.29) is 12.0 Å². The van der Waals surface area contributed by atoms with Gasteiger partial charge in [-0.3, -0.25) is 4.79 Å². The van der Waals surface area contributed by atoms with E-state index in [2.05, 4.69) is 4.74 Å². The minimum absolute atomic E-state index is 0.0563. The Morgan fingerprint density at radius 2 is 2.00 bits per heavy atom. The van der Waals surface area contributed by atoms with Crippen molar-refractivity contribution in [3.8, 4) is 5.75 Å². The first-order valence-corrected chi connectivity index (χ1v) is 5.92. The Labute approximate surface area is 109 Å². The molecule has 0 saturated carbocycles. The number of ether oxygens (including phenoxy) is 1. The highest BCUT2D eigenvalue weighted by Crippen LogP contribution is 2.33. The zero-order valence-corrected chi connectivity index (χ0v) is 10.4. The number of hydrogen-bond donors (Lipinski definition) is 1. The number of hydrogen-bond acceptors (Lipinski definition) is 2. The first-order chi connectivity index (χ1) is 8.85. The molecule has 0 spiro atoms. The fourth-order valence-electron chi connectivity index (χ4n) is 1.81. The van der Waals surface area contributed by atoms with Crippen LogP contribution in [-0.4, -0.2) is 17.4 Å². The van der Waals surface area contributed by atoms with E-state index in [1.165, 1.54) is 18.2 Å². The summed E-state index contributed by atoms with van der Waals surface area (Å²) in [6.45, 7) is 1.89. The molecule has 1 atom stereocenters. The number of para-hydroxylation sites is 1. The van der Waals surface area contributed by atoms with Crippen LogP contribution in [0.5, 0.6) is 5.75 Å². The molecule has 0 bridgehead atoms. The summed E-state index contributed by atoms with van der Waals surface area (Å²) in [7, 11) is 0. The Morgan fingerprint density at radius 3 is 2.53 bits per heavy atom. The van der Waals surface area contributed by atoms with E-state index in [1.54, 1.807) is 0 Å². The normalized spacial score (nSPS) is 13.1. The van der Waals surface area contributed by atoms with Crippen LogP contribution in [0.3, 0.4) is 0 Å². The number of aliphatic carboxylic acids is 1. The maximum atomic E-state index is 12.3. The lowest BCUT2D eigenvalue weighted by atomic mass is 9.93. The van der Waals surface area contributed by atoms with Crippen LogP contribution in [0, 0.1) is 0 Å². The highest BCUT2D eigenvalue weighted by atomic mass is 19.4. The van der Waals surface area contributed by atoms with Crippen LogP contribution in [0.1, 0.15) is 37.7 Å². The number of carboxylic acids is 1. The Kier molecular flexibility index (Phi) is 5.20. The number of alkyl halides is 3. The Morgan fingerprint density at radius 1 is 1.37 bits per heavy atom. The van der Waals surface area contributed by atoms with Gasteiger partial charge >= 0.3 is 12.3 Å². The molecular weight excluding hydrogens is 261 g/mol. The van der Waals surface area contributed by atoms with E-state index in [4.69, 9.17) is 5.11 Å². The van der Waals surface area contributed by atoms with Gasteiger partial charge in [-0.1, -0.05) is 38.0 Å². The molecule has 0 aliphatic carbocycles.